The minimum Gasteiger partial charge on any atom is -0.496 e. The number of methoxy groups -OCH3 is 1. The molecule has 1 amide bonds. The zero-order valence-corrected chi connectivity index (χ0v) is 25.6. The molecule has 3 heterocycles. The Morgan fingerprint density at radius 1 is 1.04 bits per heavy atom. The smallest absolute Gasteiger partial charge is 0.416 e. The number of anilines is 2. The van der Waals surface area contributed by atoms with E-state index in [0.717, 1.165) is 53.8 Å². The average Bonchev–Trinajstić information content (AvgIpc) is 3.50. The van der Waals surface area contributed by atoms with Crippen LogP contribution in [0.1, 0.15) is 56.2 Å². The molecule has 0 saturated carbocycles. The summed E-state index contributed by atoms with van der Waals surface area (Å²) in [4.78, 5) is 23.6. The predicted octanol–water partition coefficient (Wildman–Crippen LogP) is 8.12. The van der Waals surface area contributed by atoms with E-state index in [1.807, 2.05) is 39.0 Å². The number of carbonyl (C=O) groups is 1. The summed E-state index contributed by atoms with van der Waals surface area (Å²) in [6.07, 6.45) is -0.629. The highest BCUT2D eigenvalue weighted by Crippen LogP contribution is 2.43. The van der Waals surface area contributed by atoms with Crippen LogP contribution in [0.2, 0.25) is 0 Å². The van der Waals surface area contributed by atoms with Crippen molar-refractivity contribution < 1.29 is 32.2 Å². The molecular formula is C34H35F3N4O4. The molecule has 2 aliphatic rings. The number of para-hydroxylation sites is 1. The van der Waals surface area contributed by atoms with Crippen molar-refractivity contribution in [1.29, 1.82) is 0 Å². The van der Waals surface area contributed by atoms with Gasteiger partial charge in [0.1, 0.15) is 17.1 Å². The molecule has 0 radical (unpaired) electrons. The molecule has 1 fully saturated rings. The molecule has 3 aromatic carbocycles. The van der Waals surface area contributed by atoms with E-state index in [9.17, 15) is 18.0 Å². The summed E-state index contributed by atoms with van der Waals surface area (Å²) in [7, 11) is 1.35. The zero-order valence-electron chi connectivity index (χ0n) is 25.6. The number of piperidine rings is 1. The Balaban J connectivity index is 1.26. The van der Waals surface area contributed by atoms with Gasteiger partial charge in [0.15, 0.2) is 0 Å². The van der Waals surface area contributed by atoms with E-state index < -0.39 is 17.3 Å². The summed E-state index contributed by atoms with van der Waals surface area (Å²) in [5, 5.41) is 4.04. The molecule has 1 N–H and O–H groups in total. The number of ether oxygens (including phenoxy) is 3. The maximum Gasteiger partial charge on any atom is 0.416 e. The fraction of sp³-hybridized carbons (Fsp3) is 0.382. The van der Waals surface area contributed by atoms with Crippen LogP contribution in [0.3, 0.4) is 0 Å². The molecule has 6 rings (SSSR count). The van der Waals surface area contributed by atoms with Crippen LogP contribution in [-0.2, 0) is 17.3 Å². The Morgan fingerprint density at radius 3 is 2.53 bits per heavy atom. The number of halogens is 3. The van der Waals surface area contributed by atoms with Gasteiger partial charge in [0, 0.05) is 47.8 Å². The summed E-state index contributed by atoms with van der Waals surface area (Å²) in [6, 6.07) is 13.0. The number of alkyl halides is 3. The van der Waals surface area contributed by atoms with Gasteiger partial charge in [-0.25, -0.2) is 14.8 Å². The van der Waals surface area contributed by atoms with Crippen molar-refractivity contribution >= 4 is 28.6 Å². The van der Waals surface area contributed by atoms with Crippen LogP contribution in [0.4, 0.5) is 29.6 Å². The molecular weight excluding hydrogens is 585 g/mol. The van der Waals surface area contributed by atoms with Crippen molar-refractivity contribution in [3.8, 4) is 22.6 Å². The van der Waals surface area contributed by atoms with Crippen molar-refractivity contribution in [2.24, 2.45) is 0 Å². The summed E-state index contributed by atoms with van der Waals surface area (Å²) in [6.45, 7) is 7.44. The molecule has 1 saturated heterocycles. The maximum absolute atomic E-state index is 13.4. The summed E-state index contributed by atoms with van der Waals surface area (Å²) in [5.41, 5.74) is 3.48. The number of aromatic nitrogens is 2. The first-order chi connectivity index (χ1) is 21.4. The van der Waals surface area contributed by atoms with Crippen molar-refractivity contribution in [2.45, 2.75) is 57.7 Å². The van der Waals surface area contributed by atoms with Gasteiger partial charge in [0.25, 0.3) is 0 Å². The van der Waals surface area contributed by atoms with Crippen LogP contribution in [0.25, 0.3) is 22.0 Å². The summed E-state index contributed by atoms with van der Waals surface area (Å²) >= 11 is 0. The monoisotopic (exact) mass is 620 g/mol. The predicted molar refractivity (Wildman–Crippen MR) is 165 cm³/mol. The number of nitrogens with zero attached hydrogens (tertiary/aromatic N) is 3. The van der Waals surface area contributed by atoms with Crippen LogP contribution in [0, 0.1) is 0 Å². The number of likely N-dealkylation sites (tertiary alicyclic amines) is 1. The lowest BCUT2D eigenvalue weighted by molar-refractivity contribution is -0.137. The Morgan fingerprint density at radius 2 is 1.82 bits per heavy atom. The molecule has 4 aromatic rings. The van der Waals surface area contributed by atoms with E-state index in [-0.39, 0.29) is 11.8 Å². The number of amides is 1. The van der Waals surface area contributed by atoms with Gasteiger partial charge in [-0.05, 0) is 69.4 Å². The second-order valence-corrected chi connectivity index (χ2v) is 12.3. The van der Waals surface area contributed by atoms with Gasteiger partial charge in [-0.3, -0.25) is 0 Å². The standard InChI is InChI=1S/C34H35F3N4O4/c1-33(2,3)45-32(42)41-15-12-20(13-16-41)23-10-11-27(30-26(23)14-17-44-30)39-31-38-19-21-6-5-7-25(29(21)40-31)24-9-8-22(34(35,36)37)18-28(24)43-4/h5-11,18-20H,12-17H2,1-4H3,(H,38,39,40). The number of fused-ring (bicyclic) bond motifs is 2. The first kappa shape index (κ1) is 30.5. The molecule has 0 atom stereocenters. The molecule has 0 bridgehead atoms. The largest absolute Gasteiger partial charge is 0.496 e. The van der Waals surface area contributed by atoms with Gasteiger partial charge in [-0.15, -0.1) is 0 Å². The number of rotatable bonds is 5. The first-order valence-corrected chi connectivity index (χ1v) is 15.0. The third kappa shape index (κ3) is 6.34. The van der Waals surface area contributed by atoms with Crippen molar-refractivity contribution in [1.82, 2.24) is 14.9 Å². The Hall–Kier alpha value is -4.54. The maximum atomic E-state index is 13.4. The first-order valence-electron chi connectivity index (χ1n) is 15.0. The van der Waals surface area contributed by atoms with E-state index >= 15 is 0 Å². The number of hydrogen-bond acceptors (Lipinski definition) is 7. The Labute approximate surface area is 259 Å². The molecule has 1 aromatic heterocycles. The molecule has 236 valence electrons. The molecule has 11 heteroatoms. The van der Waals surface area contributed by atoms with Crippen LogP contribution in [0.15, 0.2) is 54.7 Å². The van der Waals surface area contributed by atoms with Crippen LogP contribution in [-0.4, -0.2) is 53.4 Å². The Kier molecular flexibility index (Phi) is 7.96. The zero-order chi connectivity index (χ0) is 31.9. The number of benzene rings is 3. The van der Waals surface area contributed by atoms with Gasteiger partial charge >= 0.3 is 12.3 Å². The lowest BCUT2D eigenvalue weighted by atomic mass is 9.85. The fourth-order valence-electron chi connectivity index (χ4n) is 6.05. The second-order valence-electron chi connectivity index (χ2n) is 12.3. The quantitative estimate of drug-likeness (QED) is 0.241. The molecule has 0 unspecified atom stereocenters. The van der Waals surface area contributed by atoms with Gasteiger partial charge < -0.3 is 24.4 Å². The highest BCUT2D eigenvalue weighted by Gasteiger charge is 2.32. The van der Waals surface area contributed by atoms with Crippen molar-refractivity contribution in [3.63, 3.8) is 0 Å². The van der Waals surface area contributed by atoms with Crippen molar-refractivity contribution in [2.75, 3.05) is 32.1 Å². The lowest BCUT2D eigenvalue weighted by Gasteiger charge is -2.34. The van der Waals surface area contributed by atoms with Crippen LogP contribution in [0.5, 0.6) is 11.5 Å². The number of carbonyl (C=O) groups excluding carboxylic acids is 1. The third-order valence-corrected chi connectivity index (χ3v) is 8.16. The number of nitrogens with one attached hydrogen (secondary N) is 1. The minimum absolute atomic E-state index is 0.101. The van der Waals surface area contributed by atoms with E-state index in [0.29, 0.717) is 48.2 Å². The average molecular weight is 621 g/mol. The van der Waals surface area contributed by atoms with Crippen LogP contribution >= 0.6 is 0 Å². The third-order valence-electron chi connectivity index (χ3n) is 8.16. The minimum atomic E-state index is -4.49. The van der Waals surface area contributed by atoms with Gasteiger partial charge in [-0.2, -0.15) is 13.2 Å². The highest BCUT2D eigenvalue weighted by atomic mass is 19.4. The Bertz CT molecular complexity index is 1740. The van der Waals surface area contributed by atoms with E-state index in [4.69, 9.17) is 19.2 Å². The summed E-state index contributed by atoms with van der Waals surface area (Å²) < 4.78 is 57.1. The lowest BCUT2D eigenvalue weighted by Crippen LogP contribution is -2.41. The SMILES string of the molecule is COc1cc(C(F)(F)F)ccc1-c1cccc2cnc(Nc3ccc(C4CCN(C(=O)OC(C)(C)C)CC4)c4c3OCC4)nc12. The fourth-order valence-corrected chi connectivity index (χ4v) is 6.05. The number of hydrogen-bond donors (Lipinski definition) is 1. The highest BCUT2D eigenvalue weighted by molar-refractivity contribution is 5.95. The normalized spacial score (nSPS) is 15.5. The van der Waals surface area contributed by atoms with E-state index in [1.165, 1.54) is 18.7 Å². The van der Waals surface area contributed by atoms with Gasteiger partial charge in [0.05, 0.1) is 30.5 Å². The molecule has 0 aliphatic carbocycles. The summed E-state index contributed by atoms with van der Waals surface area (Å²) in [5.74, 6) is 1.50. The van der Waals surface area contributed by atoms with Gasteiger partial charge in [-0.1, -0.05) is 24.3 Å². The van der Waals surface area contributed by atoms with Crippen molar-refractivity contribution in [3.05, 3.63) is 71.4 Å². The molecule has 0 spiro atoms. The van der Waals surface area contributed by atoms with E-state index in [2.05, 4.69) is 16.4 Å². The second kappa shape index (κ2) is 11.8. The molecule has 2 aliphatic heterocycles. The molecule has 45 heavy (non-hydrogen) atoms. The van der Waals surface area contributed by atoms with Crippen LogP contribution < -0.4 is 14.8 Å². The van der Waals surface area contributed by atoms with Gasteiger partial charge in [0.2, 0.25) is 5.95 Å². The molecule has 8 nitrogen and oxygen atoms in total. The topological polar surface area (TPSA) is 85.8 Å². The van der Waals surface area contributed by atoms with E-state index in [1.54, 1.807) is 17.2 Å².